The average Bonchev–Trinajstić information content (AvgIpc) is 3.07. The van der Waals surface area contributed by atoms with E-state index in [9.17, 15) is 4.79 Å². The predicted octanol–water partition coefficient (Wildman–Crippen LogP) is 3.03. The van der Waals surface area contributed by atoms with Gasteiger partial charge in [0.1, 0.15) is 11.5 Å². The van der Waals surface area contributed by atoms with Gasteiger partial charge in [-0.05, 0) is 41.8 Å². The number of hydrogen-bond acceptors (Lipinski definition) is 5. The van der Waals surface area contributed by atoms with E-state index in [0.717, 1.165) is 40.3 Å². The maximum absolute atomic E-state index is 12.4. The number of methoxy groups -OCH3 is 2. The van der Waals surface area contributed by atoms with E-state index in [1.807, 2.05) is 42.5 Å². The second kappa shape index (κ2) is 6.70. The number of carbonyl (C=O) groups is 1. The maximum Gasteiger partial charge on any atom is 0.240 e. The molecular weight excluding hydrogens is 342 g/mol. The van der Waals surface area contributed by atoms with Gasteiger partial charge in [0.05, 0.1) is 26.0 Å². The number of hydrazone groups is 1. The number of fused-ring (bicyclic) bond motifs is 3. The molecule has 0 aromatic heterocycles. The molecule has 27 heavy (non-hydrogen) atoms. The Morgan fingerprint density at radius 1 is 1.11 bits per heavy atom. The Hall–Kier alpha value is -2.86. The minimum atomic E-state index is -0.172. The highest BCUT2D eigenvalue weighted by molar-refractivity contribution is 6.07. The lowest BCUT2D eigenvalue weighted by Crippen LogP contribution is -2.34. The van der Waals surface area contributed by atoms with Crippen molar-refractivity contribution in [2.45, 2.75) is 25.4 Å². The highest BCUT2D eigenvalue weighted by Crippen LogP contribution is 2.46. The molecule has 0 radical (unpaired) electrons. The number of nitrogens with two attached hydrogens (primary N) is 1. The van der Waals surface area contributed by atoms with E-state index >= 15 is 0 Å². The maximum atomic E-state index is 12.4. The van der Waals surface area contributed by atoms with Crippen molar-refractivity contribution >= 4 is 11.6 Å². The second-order valence-corrected chi connectivity index (χ2v) is 6.97. The smallest absolute Gasteiger partial charge is 0.240 e. The highest BCUT2D eigenvalue weighted by atomic mass is 16.5. The first-order chi connectivity index (χ1) is 13.0. The minimum Gasteiger partial charge on any atom is -0.497 e. The Morgan fingerprint density at radius 3 is 2.41 bits per heavy atom. The van der Waals surface area contributed by atoms with Crippen molar-refractivity contribution < 1.29 is 14.3 Å². The van der Waals surface area contributed by atoms with Gasteiger partial charge >= 0.3 is 0 Å². The number of hydrogen-bond donors (Lipinski definition) is 1. The van der Waals surface area contributed by atoms with Crippen molar-refractivity contribution in [3.8, 4) is 11.5 Å². The molecule has 6 nitrogen and oxygen atoms in total. The normalized spacial score (nSPS) is 23.3. The lowest BCUT2D eigenvalue weighted by Gasteiger charge is -2.32. The summed E-state index contributed by atoms with van der Waals surface area (Å²) in [6.45, 7) is 1.55. The molecule has 6 heteroatoms. The average molecular weight is 365 g/mol. The van der Waals surface area contributed by atoms with E-state index in [-0.39, 0.29) is 23.9 Å². The number of rotatable bonds is 3. The van der Waals surface area contributed by atoms with E-state index in [1.165, 1.54) is 0 Å². The van der Waals surface area contributed by atoms with Crippen LogP contribution >= 0.6 is 0 Å². The van der Waals surface area contributed by atoms with Gasteiger partial charge in [-0.15, -0.1) is 0 Å². The molecule has 1 aliphatic carbocycles. The Labute approximate surface area is 158 Å². The molecule has 0 bridgehead atoms. The van der Waals surface area contributed by atoms with Crippen LogP contribution in [0.2, 0.25) is 0 Å². The van der Waals surface area contributed by atoms with Crippen LogP contribution in [0.3, 0.4) is 0 Å². The number of benzene rings is 2. The quantitative estimate of drug-likeness (QED) is 0.907. The van der Waals surface area contributed by atoms with Crippen LogP contribution in [-0.2, 0) is 4.79 Å². The standard InChI is InChI=1S/C21H23N3O3/c1-12(25)24-21(13-4-6-14(26-2)7-5-13)18-11-19(22)16-9-8-15(27-3)10-17(16)20(18)23-24/h4-10,18-19,21H,11,22H2,1-3H3/t18-,19-,21-/m1/s1. The lowest BCUT2D eigenvalue weighted by molar-refractivity contribution is -0.131. The SMILES string of the molecule is COc1ccc([C@@H]2[C@@H]3C[C@@H](N)c4ccc(OC)cc4C3=NN2C(C)=O)cc1. The van der Waals surface area contributed by atoms with E-state index in [4.69, 9.17) is 20.3 Å². The molecule has 140 valence electrons. The van der Waals surface area contributed by atoms with Crippen LogP contribution < -0.4 is 15.2 Å². The number of ether oxygens (including phenoxy) is 2. The number of carbonyl (C=O) groups excluding carboxylic acids is 1. The molecule has 2 aromatic carbocycles. The van der Waals surface area contributed by atoms with Crippen LogP contribution in [0.15, 0.2) is 47.6 Å². The van der Waals surface area contributed by atoms with Gasteiger partial charge < -0.3 is 15.2 Å². The van der Waals surface area contributed by atoms with E-state index in [0.29, 0.717) is 0 Å². The van der Waals surface area contributed by atoms with E-state index in [2.05, 4.69) is 0 Å². The molecule has 3 atom stereocenters. The largest absolute Gasteiger partial charge is 0.497 e. The van der Waals surface area contributed by atoms with Crippen LogP contribution in [0, 0.1) is 5.92 Å². The Kier molecular flexibility index (Phi) is 4.36. The first kappa shape index (κ1) is 17.5. The Bertz CT molecular complexity index is 907. The van der Waals surface area contributed by atoms with Crippen molar-refractivity contribution in [1.82, 2.24) is 5.01 Å². The topological polar surface area (TPSA) is 77.2 Å². The molecule has 1 heterocycles. The zero-order chi connectivity index (χ0) is 19.1. The molecule has 1 aliphatic heterocycles. The predicted molar refractivity (Wildman–Crippen MR) is 103 cm³/mol. The second-order valence-electron chi connectivity index (χ2n) is 6.97. The van der Waals surface area contributed by atoms with Crippen molar-refractivity contribution in [2.24, 2.45) is 16.8 Å². The monoisotopic (exact) mass is 365 g/mol. The van der Waals surface area contributed by atoms with Crippen LogP contribution in [0.4, 0.5) is 0 Å². The Balaban J connectivity index is 1.81. The molecule has 0 saturated heterocycles. The van der Waals surface area contributed by atoms with Crippen LogP contribution in [0.1, 0.15) is 42.1 Å². The van der Waals surface area contributed by atoms with Gasteiger partial charge in [-0.3, -0.25) is 4.79 Å². The summed E-state index contributed by atoms with van der Waals surface area (Å²) in [6.07, 6.45) is 0.735. The van der Waals surface area contributed by atoms with Gasteiger partial charge in [0.25, 0.3) is 0 Å². The molecule has 0 unspecified atom stereocenters. The molecule has 0 fully saturated rings. The first-order valence-corrected chi connectivity index (χ1v) is 8.99. The van der Waals surface area contributed by atoms with Gasteiger partial charge in [0.15, 0.2) is 0 Å². The molecule has 2 aromatic rings. The fraction of sp³-hybridized carbons (Fsp3) is 0.333. The summed E-state index contributed by atoms with van der Waals surface area (Å²) in [6, 6.07) is 13.4. The van der Waals surface area contributed by atoms with Gasteiger partial charge in [-0.1, -0.05) is 18.2 Å². The molecule has 2 N–H and O–H groups in total. The third kappa shape index (κ3) is 2.86. The molecule has 2 aliphatic rings. The highest BCUT2D eigenvalue weighted by Gasteiger charge is 2.45. The zero-order valence-corrected chi connectivity index (χ0v) is 15.7. The van der Waals surface area contributed by atoms with Crippen molar-refractivity contribution in [2.75, 3.05) is 14.2 Å². The molecule has 0 saturated carbocycles. The third-order valence-electron chi connectivity index (χ3n) is 5.44. The summed E-state index contributed by atoms with van der Waals surface area (Å²) >= 11 is 0. The van der Waals surface area contributed by atoms with Gasteiger partial charge in [0.2, 0.25) is 5.91 Å². The lowest BCUT2D eigenvalue weighted by atomic mass is 9.75. The summed E-state index contributed by atoms with van der Waals surface area (Å²) in [5.41, 5.74) is 10.4. The summed E-state index contributed by atoms with van der Waals surface area (Å²) in [7, 11) is 3.28. The fourth-order valence-corrected chi connectivity index (χ4v) is 4.12. The summed E-state index contributed by atoms with van der Waals surface area (Å²) in [5.74, 6) is 1.49. The van der Waals surface area contributed by atoms with E-state index in [1.54, 1.807) is 26.2 Å². The van der Waals surface area contributed by atoms with Gasteiger partial charge in [-0.2, -0.15) is 5.10 Å². The molecule has 1 amide bonds. The minimum absolute atomic E-state index is 0.0388. The van der Waals surface area contributed by atoms with Gasteiger partial charge in [0, 0.05) is 24.4 Å². The molecule has 4 rings (SSSR count). The van der Waals surface area contributed by atoms with Crippen LogP contribution in [0.5, 0.6) is 11.5 Å². The summed E-state index contributed by atoms with van der Waals surface area (Å²) < 4.78 is 10.6. The number of amides is 1. The zero-order valence-electron chi connectivity index (χ0n) is 15.7. The fourth-order valence-electron chi connectivity index (χ4n) is 4.12. The Morgan fingerprint density at radius 2 is 1.78 bits per heavy atom. The summed E-state index contributed by atoms with van der Waals surface area (Å²) in [4.78, 5) is 12.4. The van der Waals surface area contributed by atoms with Gasteiger partial charge in [-0.25, -0.2) is 5.01 Å². The first-order valence-electron chi connectivity index (χ1n) is 8.99. The van der Waals surface area contributed by atoms with Crippen molar-refractivity contribution in [1.29, 1.82) is 0 Å². The van der Waals surface area contributed by atoms with Crippen LogP contribution in [0.25, 0.3) is 0 Å². The third-order valence-corrected chi connectivity index (χ3v) is 5.44. The molecule has 0 spiro atoms. The van der Waals surface area contributed by atoms with Crippen molar-refractivity contribution in [3.63, 3.8) is 0 Å². The van der Waals surface area contributed by atoms with E-state index < -0.39 is 0 Å². The summed E-state index contributed by atoms with van der Waals surface area (Å²) in [5, 5.41) is 6.31. The number of nitrogens with zero attached hydrogens (tertiary/aromatic N) is 2. The van der Waals surface area contributed by atoms with Crippen molar-refractivity contribution in [3.05, 3.63) is 59.2 Å². The van der Waals surface area contributed by atoms with Crippen LogP contribution in [-0.4, -0.2) is 30.8 Å². The molecular formula is C21H23N3O3.